The van der Waals surface area contributed by atoms with E-state index < -0.39 is 18.2 Å². The smallest absolute Gasteiger partial charge is 0.332 e. The van der Waals surface area contributed by atoms with Crippen molar-refractivity contribution >= 4 is 28.3 Å². The third-order valence-corrected chi connectivity index (χ3v) is 3.83. The van der Waals surface area contributed by atoms with Gasteiger partial charge in [0.1, 0.15) is 6.10 Å². The number of aromatic nitrogens is 1. The predicted octanol–water partition coefficient (Wildman–Crippen LogP) is 1.33. The number of hydrogen-bond donors (Lipinski definition) is 2. The number of hydrogen-bond acceptors (Lipinski definition) is 5. The minimum Gasteiger partial charge on any atom is -0.479 e. The highest BCUT2D eigenvalue weighted by atomic mass is 32.1. The first-order valence-corrected chi connectivity index (χ1v) is 6.42. The quantitative estimate of drug-likeness (QED) is 0.865. The molecule has 2 rings (SSSR count). The summed E-state index contributed by atoms with van der Waals surface area (Å²) in [5.41, 5.74) is 0.881. The van der Waals surface area contributed by atoms with Gasteiger partial charge < -0.3 is 9.84 Å². The summed E-state index contributed by atoms with van der Waals surface area (Å²) in [6.07, 6.45) is -0.786. The first-order valence-electron chi connectivity index (χ1n) is 5.60. The lowest BCUT2D eigenvalue weighted by Gasteiger charge is -2.09. The van der Waals surface area contributed by atoms with E-state index in [1.54, 1.807) is 0 Å². The van der Waals surface area contributed by atoms with Crippen LogP contribution < -0.4 is 5.32 Å². The standard InChI is InChI=1S/C11H14N2O4S/c1-5-6(2)18-11(12-5)13-9(14)7-3-4-8(17-7)10(15)16/h7-8H,3-4H2,1-2H3,(H,15,16)(H,12,13,14). The van der Waals surface area contributed by atoms with Crippen LogP contribution in [0.15, 0.2) is 0 Å². The van der Waals surface area contributed by atoms with Gasteiger partial charge >= 0.3 is 5.97 Å². The highest BCUT2D eigenvalue weighted by Gasteiger charge is 2.34. The van der Waals surface area contributed by atoms with Gasteiger partial charge in [0, 0.05) is 4.88 Å². The number of nitrogens with one attached hydrogen (secondary N) is 1. The molecular weight excluding hydrogens is 256 g/mol. The van der Waals surface area contributed by atoms with E-state index in [0.717, 1.165) is 10.6 Å². The normalized spacial score (nSPS) is 23.0. The average molecular weight is 270 g/mol. The second-order valence-electron chi connectivity index (χ2n) is 4.18. The molecule has 18 heavy (non-hydrogen) atoms. The maximum absolute atomic E-state index is 11.8. The monoisotopic (exact) mass is 270 g/mol. The van der Waals surface area contributed by atoms with E-state index in [2.05, 4.69) is 10.3 Å². The fraction of sp³-hybridized carbons (Fsp3) is 0.545. The third kappa shape index (κ3) is 2.68. The predicted molar refractivity (Wildman–Crippen MR) is 65.7 cm³/mol. The maximum atomic E-state index is 11.8. The van der Waals surface area contributed by atoms with Crippen LogP contribution in [0.1, 0.15) is 23.4 Å². The Labute approximate surface area is 108 Å². The van der Waals surface area contributed by atoms with Crippen molar-refractivity contribution in [1.82, 2.24) is 4.98 Å². The van der Waals surface area contributed by atoms with Gasteiger partial charge in [0.05, 0.1) is 5.69 Å². The lowest BCUT2D eigenvalue weighted by atomic mass is 10.2. The van der Waals surface area contributed by atoms with Crippen LogP contribution in [-0.4, -0.2) is 34.2 Å². The Hall–Kier alpha value is -1.47. The van der Waals surface area contributed by atoms with Crippen LogP contribution >= 0.6 is 11.3 Å². The van der Waals surface area contributed by atoms with Crippen LogP contribution in [0.5, 0.6) is 0 Å². The lowest BCUT2D eigenvalue weighted by molar-refractivity contribution is -0.150. The third-order valence-electron chi connectivity index (χ3n) is 2.85. The van der Waals surface area contributed by atoms with Crippen molar-refractivity contribution in [3.63, 3.8) is 0 Å². The summed E-state index contributed by atoms with van der Waals surface area (Å²) in [4.78, 5) is 27.8. The van der Waals surface area contributed by atoms with Crippen LogP contribution in [0.4, 0.5) is 5.13 Å². The Morgan fingerprint density at radius 2 is 2.06 bits per heavy atom. The zero-order chi connectivity index (χ0) is 13.3. The molecule has 1 aromatic heterocycles. The molecule has 1 aliphatic rings. The molecule has 2 unspecified atom stereocenters. The summed E-state index contributed by atoms with van der Waals surface area (Å²) in [7, 11) is 0. The minimum absolute atomic E-state index is 0.326. The number of aryl methyl sites for hydroxylation is 2. The topological polar surface area (TPSA) is 88.5 Å². The van der Waals surface area contributed by atoms with E-state index in [-0.39, 0.29) is 5.91 Å². The maximum Gasteiger partial charge on any atom is 0.332 e. The molecule has 1 fully saturated rings. The van der Waals surface area contributed by atoms with Crippen molar-refractivity contribution in [3.8, 4) is 0 Å². The number of anilines is 1. The van der Waals surface area contributed by atoms with Gasteiger partial charge in [0.15, 0.2) is 11.2 Å². The summed E-state index contributed by atoms with van der Waals surface area (Å²) in [5.74, 6) is -1.35. The molecule has 1 saturated heterocycles. The zero-order valence-electron chi connectivity index (χ0n) is 10.1. The van der Waals surface area contributed by atoms with Gasteiger partial charge in [0.2, 0.25) is 0 Å². The van der Waals surface area contributed by atoms with E-state index in [1.807, 2.05) is 13.8 Å². The van der Waals surface area contributed by atoms with Gasteiger partial charge in [-0.15, -0.1) is 11.3 Å². The molecule has 0 spiro atoms. The first kappa shape index (κ1) is 13.0. The Bertz CT molecular complexity index is 466. The minimum atomic E-state index is -1.02. The largest absolute Gasteiger partial charge is 0.479 e. The van der Waals surface area contributed by atoms with Gasteiger partial charge in [-0.2, -0.15) is 0 Å². The molecule has 2 heterocycles. The van der Waals surface area contributed by atoms with E-state index >= 15 is 0 Å². The summed E-state index contributed by atoms with van der Waals surface area (Å²) in [6.45, 7) is 3.79. The molecule has 1 aliphatic heterocycles. The molecule has 0 radical (unpaired) electrons. The molecule has 1 aromatic rings. The molecule has 1 amide bonds. The van der Waals surface area contributed by atoms with Crippen molar-refractivity contribution in [3.05, 3.63) is 10.6 Å². The molecule has 0 aliphatic carbocycles. The SMILES string of the molecule is Cc1nc(NC(=O)C2CCC(C(=O)O)O2)sc1C. The van der Waals surface area contributed by atoms with Crippen molar-refractivity contribution in [2.75, 3.05) is 5.32 Å². The average Bonchev–Trinajstić information content (AvgIpc) is 2.87. The Balaban J connectivity index is 1.95. The first-order chi connectivity index (χ1) is 8.47. The number of thiazole rings is 1. The van der Waals surface area contributed by atoms with Crippen molar-refractivity contribution in [1.29, 1.82) is 0 Å². The molecule has 0 bridgehead atoms. The Morgan fingerprint density at radius 1 is 1.39 bits per heavy atom. The lowest BCUT2D eigenvalue weighted by Crippen LogP contribution is -2.29. The summed E-state index contributed by atoms with van der Waals surface area (Å²) in [5, 5.41) is 12.0. The highest BCUT2D eigenvalue weighted by molar-refractivity contribution is 7.15. The Morgan fingerprint density at radius 3 is 2.56 bits per heavy atom. The van der Waals surface area contributed by atoms with Crippen LogP contribution in [0, 0.1) is 13.8 Å². The van der Waals surface area contributed by atoms with Crippen molar-refractivity contribution in [2.24, 2.45) is 0 Å². The van der Waals surface area contributed by atoms with E-state index in [4.69, 9.17) is 9.84 Å². The fourth-order valence-electron chi connectivity index (χ4n) is 1.72. The summed E-state index contributed by atoms with van der Waals surface area (Å²) >= 11 is 1.39. The van der Waals surface area contributed by atoms with Crippen LogP contribution in [0.2, 0.25) is 0 Å². The molecule has 0 aromatic carbocycles. The van der Waals surface area contributed by atoms with Gasteiger partial charge in [0.25, 0.3) is 5.91 Å². The molecule has 7 heteroatoms. The van der Waals surface area contributed by atoms with Gasteiger partial charge in [-0.05, 0) is 26.7 Å². The molecule has 2 N–H and O–H groups in total. The molecule has 2 atom stereocenters. The fourth-order valence-corrected chi connectivity index (χ4v) is 2.54. The summed E-state index contributed by atoms with van der Waals surface area (Å²) in [6, 6.07) is 0. The van der Waals surface area contributed by atoms with Crippen LogP contribution in [0.25, 0.3) is 0 Å². The van der Waals surface area contributed by atoms with E-state index in [0.29, 0.717) is 18.0 Å². The van der Waals surface area contributed by atoms with Crippen LogP contribution in [0.3, 0.4) is 0 Å². The Kier molecular flexibility index (Phi) is 3.63. The second kappa shape index (κ2) is 5.03. The number of carboxylic acid groups (broad SMARTS) is 1. The molecular formula is C11H14N2O4S. The van der Waals surface area contributed by atoms with Crippen LogP contribution in [-0.2, 0) is 14.3 Å². The summed E-state index contributed by atoms with van der Waals surface area (Å²) < 4.78 is 5.16. The molecule has 0 saturated carbocycles. The second-order valence-corrected chi connectivity index (χ2v) is 5.38. The highest BCUT2D eigenvalue weighted by Crippen LogP contribution is 2.24. The van der Waals surface area contributed by atoms with Crippen molar-refractivity contribution in [2.45, 2.75) is 38.9 Å². The van der Waals surface area contributed by atoms with Gasteiger partial charge in [-0.1, -0.05) is 0 Å². The number of rotatable bonds is 3. The number of carbonyl (C=O) groups excluding carboxylic acids is 1. The van der Waals surface area contributed by atoms with E-state index in [1.165, 1.54) is 11.3 Å². The van der Waals surface area contributed by atoms with Crippen molar-refractivity contribution < 1.29 is 19.4 Å². The number of amides is 1. The number of carboxylic acids is 1. The van der Waals surface area contributed by atoms with Gasteiger partial charge in [-0.25, -0.2) is 9.78 Å². The van der Waals surface area contributed by atoms with E-state index in [9.17, 15) is 9.59 Å². The molecule has 6 nitrogen and oxygen atoms in total. The van der Waals surface area contributed by atoms with Gasteiger partial charge in [-0.3, -0.25) is 10.1 Å². The number of carbonyl (C=O) groups is 2. The number of nitrogens with zero attached hydrogens (tertiary/aromatic N) is 1. The zero-order valence-corrected chi connectivity index (χ0v) is 10.9. The number of aliphatic carboxylic acids is 1. The number of ether oxygens (including phenoxy) is 1. The molecule has 98 valence electrons.